The van der Waals surface area contributed by atoms with E-state index in [0.717, 1.165) is 5.56 Å². The largest absolute Gasteiger partial charge is 0.493 e. The molecule has 1 N–H and O–H groups in total. The molecule has 132 valence electrons. The summed E-state index contributed by atoms with van der Waals surface area (Å²) in [6.45, 7) is 1.49. The Balaban J connectivity index is 2.01. The van der Waals surface area contributed by atoms with Gasteiger partial charge in [0.2, 0.25) is 0 Å². The number of nitrogens with one attached hydrogen (secondary N) is 1. The van der Waals surface area contributed by atoms with Crippen LogP contribution >= 0.6 is 11.6 Å². The summed E-state index contributed by atoms with van der Waals surface area (Å²) >= 11 is 6.10. The average molecular weight is 365 g/mol. The van der Waals surface area contributed by atoms with Crippen LogP contribution in [0.15, 0.2) is 42.5 Å². The van der Waals surface area contributed by atoms with Crippen molar-refractivity contribution in [2.45, 2.75) is 13.0 Å². The van der Waals surface area contributed by atoms with E-state index in [1.54, 1.807) is 19.1 Å². The lowest BCUT2D eigenvalue weighted by atomic mass is 10.1. The lowest BCUT2D eigenvalue weighted by Gasteiger charge is -2.16. The predicted molar refractivity (Wildman–Crippen MR) is 93.2 cm³/mol. The van der Waals surface area contributed by atoms with Crippen LogP contribution in [0, 0.1) is 10.1 Å². The van der Waals surface area contributed by atoms with E-state index in [-0.39, 0.29) is 30.0 Å². The lowest BCUT2D eigenvalue weighted by molar-refractivity contribution is -0.385. The van der Waals surface area contributed by atoms with E-state index in [2.05, 4.69) is 5.32 Å². The molecule has 0 aliphatic heterocycles. The highest BCUT2D eigenvalue weighted by molar-refractivity contribution is 6.31. The second kappa shape index (κ2) is 8.34. The first kappa shape index (κ1) is 18.5. The van der Waals surface area contributed by atoms with Gasteiger partial charge in [0.05, 0.1) is 24.1 Å². The van der Waals surface area contributed by atoms with Gasteiger partial charge in [0.25, 0.3) is 11.6 Å². The summed E-state index contributed by atoms with van der Waals surface area (Å²) in [4.78, 5) is 22.4. The number of rotatable bonds is 7. The van der Waals surface area contributed by atoms with Gasteiger partial charge in [-0.3, -0.25) is 14.9 Å². The second-order valence-electron chi connectivity index (χ2n) is 5.19. The lowest BCUT2D eigenvalue weighted by Crippen LogP contribution is -2.31. The predicted octanol–water partition coefficient (Wildman–Crippen LogP) is 3.51. The molecule has 1 atom stereocenters. The Bertz CT molecular complexity index is 781. The molecule has 2 aromatic carbocycles. The third-order valence-electron chi connectivity index (χ3n) is 3.47. The van der Waals surface area contributed by atoms with Crippen molar-refractivity contribution in [1.29, 1.82) is 0 Å². The summed E-state index contributed by atoms with van der Waals surface area (Å²) in [6, 6.07) is 10.8. The van der Waals surface area contributed by atoms with Crippen molar-refractivity contribution in [2.24, 2.45) is 0 Å². The fourth-order valence-electron chi connectivity index (χ4n) is 2.22. The van der Waals surface area contributed by atoms with Crippen molar-refractivity contribution >= 4 is 23.2 Å². The third-order valence-corrected chi connectivity index (χ3v) is 3.81. The Hall–Kier alpha value is -2.80. The molecular weight excluding hydrogens is 348 g/mol. The quantitative estimate of drug-likeness (QED) is 0.599. The molecule has 0 saturated carbocycles. The van der Waals surface area contributed by atoms with Crippen molar-refractivity contribution in [1.82, 2.24) is 5.32 Å². The summed E-state index contributed by atoms with van der Waals surface area (Å²) < 4.78 is 10.5. The normalized spacial score (nSPS) is 11.5. The van der Waals surface area contributed by atoms with Crippen molar-refractivity contribution in [3.8, 4) is 11.5 Å². The minimum atomic E-state index is -0.550. The number of hydrogen-bond acceptors (Lipinski definition) is 5. The Morgan fingerprint density at radius 1 is 1.28 bits per heavy atom. The van der Waals surface area contributed by atoms with Gasteiger partial charge in [-0.1, -0.05) is 29.8 Å². The van der Waals surface area contributed by atoms with Gasteiger partial charge >= 0.3 is 0 Å². The smallest absolute Gasteiger partial charge is 0.273 e. The number of nitro groups is 1. The monoisotopic (exact) mass is 364 g/mol. The van der Waals surface area contributed by atoms with Crippen LogP contribution in [0.1, 0.15) is 18.5 Å². The van der Waals surface area contributed by atoms with Gasteiger partial charge in [0, 0.05) is 11.1 Å². The van der Waals surface area contributed by atoms with Gasteiger partial charge in [-0.2, -0.15) is 0 Å². The SMILES string of the molecule is COc1ccc([N+](=O)[O-])cc1OCC(=O)NC(C)c1ccccc1Cl. The topological polar surface area (TPSA) is 90.7 Å². The number of nitrogens with zero attached hydrogens (tertiary/aromatic N) is 1. The van der Waals surface area contributed by atoms with Crippen molar-refractivity contribution in [3.63, 3.8) is 0 Å². The van der Waals surface area contributed by atoms with Crippen molar-refractivity contribution < 1.29 is 19.2 Å². The molecule has 2 aromatic rings. The molecule has 0 radical (unpaired) electrons. The molecule has 0 fully saturated rings. The van der Waals surface area contributed by atoms with E-state index in [9.17, 15) is 14.9 Å². The minimum Gasteiger partial charge on any atom is -0.493 e. The number of ether oxygens (including phenoxy) is 2. The van der Waals surface area contributed by atoms with Crippen molar-refractivity contribution in [2.75, 3.05) is 13.7 Å². The molecule has 0 saturated heterocycles. The zero-order chi connectivity index (χ0) is 18.4. The van der Waals surface area contributed by atoms with Crippen LogP contribution in [-0.2, 0) is 4.79 Å². The molecule has 0 aromatic heterocycles. The van der Waals surface area contributed by atoms with E-state index in [1.165, 1.54) is 25.3 Å². The number of methoxy groups -OCH3 is 1. The number of carbonyl (C=O) groups excluding carboxylic acids is 1. The number of carbonyl (C=O) groups is 1. The van der Waals surface area contributed by atoms with E-state index >= 15 is 0 Å². The van der Waals surface area contributed by atoms with Crippen LogP contribution in [0.4, 0.5) is 5.69 Å². The number of halogens is 1. The molecule has 0 aliphatic rings. The van der Waals surface area contributed by atoms with E-state index in [0.29, 0.717) is 10.8 Å². The first-order chi connectivity index (χ1) is 11.9. The molecule has 0 aliphatic carbocycles. The van der Waals surface area contributed by atoms with E-state index in [1.807, 2.05) is 12.1 Å². The van der Waals surface area contributed by atoms with Crippen LogP contribution in [0.3, 0.4) is 0 Å². The number of non-ortho nitro benzene ring substituents is 1. The third kappa shape index (κ3) is 4.84. The van der Waals surface area contributed by atoms with Gasteiger partial charge in [0.15, 0.2) is 18.1 Å². The fourth-order valence-corrected chi connectivity index (χ4v) is 2.52. The van der Waals surface area contributed by atoms with Crippen LogP contribution in [0.25, 0.3) is 0 Å². The first-order valence-corrected chi connectivity index (χ1v) is 7.79. The molecular formula is C17H17ClN2O5. The Kier molecular flexibility index (Phi) is 6.19. The number of benzene rings is 2. The van der Waals surface area contributed by atoms with Gasteiger partial charge in [0.1, 0.15) is 0 Å². The molecule has 1 amide bonds. The van der Waals surface area contributed by atoms with E-state index in [4.69, 9.17) is 21.1 Å². The molecule has 0 heterocycles. The average Bonchev–Trinajstić information content (AvgIpc) is 2.59. The number of nitro benzene ring substituents is 1. The summed E-state index contributed by atoms with van der Waals surface area (Å²) in [5.41, 5.74) is 0.631. The highest BCUT2D eigenvalue weighted by atomic mass is 35.5. The summed E-state index contributed by atoms with van der Waals surface area (Å²) in [5, 5.41) is 14.2. The number of amides is 1. The maximum absolute atomic E-state index is 12.1. The molecule has 0 spiro atoms. The van der Waals surface area contributed by atoms with Crippen LogP contribution in [0.2, 0.25) is 5.02 Å². The highest BCUT2D eigenvalue weighted by Crippen LogP contribution is 2.31. The maximum atomic E-state index is 12.1. The molecule has 1 unspecified atom stereocenters. The zero-order valence-electron chi connectivity index (χ0n) is 13.7. The zero-order valence-corrected chi connectivity index (χ0v) is 14.4. The molecule has 7 nitrogen and oxygen atoms in total. The Morgan fingerprint density at radius 2 is 2.00 bits per heavy atom. The van der Waals surface area contributed by atoms with Crippen LogP contribution < -0.4 is 14.8 Å². The van der Waals surface area contributed by atoms with E-state index < -0.39 is 4.92 Å². The van der Waals surface area contributed by atoms with Gasteiger partial charge in [-0.25, -0.2) is 0 Å². The van der Waals surface area contributed by atoms with Gasteiger partial charge < -0.3 is 14.8 Å². The summed E-state index contributed by atoms with van der Waals surface area (Å²) in [5.74, 6) is 0.0378. The molecule has 8 heteroatoms. The molecule has 25 heavy (non-hydrogen) atoms. The summed E-state index contributed by atoms with van der Waals surface area (Å²) in [7, 11) is 1.41. The van der Waals surface area contributed by atoms with Crippen molar-refractivity contribution in [3.05, 3.63) is 63.2 Å². The Labute approximate surface area is 149 Å². The second-order valence-corrected chi connectivity index (χ2v) is 5.60. The molecule has 0 bridgehead atoms. The highest BCUT2D eigenvalue weighted by Gasteiger charge is 2.16. The summed E-state index contributed by atoms with van der Waals surface area (Å²) in [6.07, 6.45) is 0. The maximum Gasteiger partial charge on any atom is 0.273 e. The van der Waals surface area contributed by atoms with Crippen LogP contribution in [-0.4, -0.2) is 24.5 Å². The molecule has 2 rings (SSSR count). The number of hydrogen-bond donors (Lipinski definition) is 1. The van der Waals surface area contributed by atoms with Gasteiger partial charge in [-0.15, -0.1) is 0 Å². The Morgan fingerprint density at radius 3 is 2.64 bits per heavy atom. The first-order valence-electron chi connectivity index (χ1n) is 7.41. The minimum absolute atomic E-state index is 0.122. The standard InChI is InChI=1S/C17H17ClN2O5/c1-11(13-5-3-4-6-14(13)18)19-17(21)10-25-16-9-12(20(22)23)7-8-15(16)24-2/h3-9,11H,10H2,1-2H3,(H,19,21). The van der Waals surface area contributed by atoms with Crippen LogP contribution in [0.5, 0.6) is 11.5 Å². The fraction of sp³-hybridized carbons (Fsp3) is 0.235. The van der Waals surface area contributed by atoms with Gasteiger partial charge in [-0.05, 0) is 24.6 Å².